The number of rotatable bonds is 5. The first kappa shape index (κ1) is 21.0. The van der Waals surface area contributed by atoms with Crippen molar-refractivity contribution in [3.8, 4) is 0 Å². The van der Waals surface area contributed by atoms with Gasteiger partial charge in [0, 0.05) is 11.5 Å². The molecule has 2 heterocycles. The molecule has 0 atom stereocenters. The van der Waals surface area contributed by atoms with Crippen molar-refractivity contribution in [1.82, 2.24) is 0 Å². The number of hydrogen-bond donors (Lipinski definition) is 0. The van der Waals surface area contributed by atoms with Crippen LogP contribution >= 0.6 is 0 Å². The Kier molecular flexibility index (Phi) is 6.67. The third kappa shape index (κ3) is 5.25. The van der Waals surface area contributed by atoms with Crippen molar-refractivity contribution in [1.29, 1.82) is 0 Å². The summed E-state index contributed by atoms with van der Waals surface area (Å²) in [5.74, 6) is 2.14. The maximum absolute atomic E-state index is 13.1. The molecule has 2 fully saturated rings. The summed E-state index contributed by atoms with van der Waals surface area (Å²) >= 11 is 0. The quantitative estimate of drug-likeness (QED) is 0.570. The van der Waals surface area contributed by atoms with Crippen LogP contribution in [0.2, 0.25) is 0 Å². The molecule has 0 aromatic heterocycles. The van der Waals surface area contributed by atoms with Crippen LogP contribution in [0.5, 0.6) is 0 Å². The van der Waals surface area contributed by atoms with E-state index in [9.17, 15) is 8.78 Å². The number of halogens is 2. The maximum atomic E-state index is 13.1. The van der Waals surface area contributed by atoms with Crippen molar-refractivity contribution < 1.29 is 23.0 Å². The Balaban J connectivity index is 1.28. The third-order valence-electron chi connectivity index (χ3n) is 6.76. The van der Waals surface area contributed by atoms with Gasteiger partial charge in [-0.1, -0.05) is 62.9 Å². The SMILES string of the molecule is CCCC1CCC(C2COC(c3ccc(C4=CCC(F)(F)OC4)cc3)OC2)CC1. The number of benzene rings is 1. The maximum Gasteiger partial charge on any atom is 0.359 e. The molecule has 0 radical (unpaired) electrons. The van der Waals surface area contributed by atoms with Crippen molar-refractivity contribution in [2.45, 2.75) is 64.3 Å². The summed E-state index contributed by atoms with van der Waals surface area (Å²) in [6, 6.07) is 7.79. The lowest BCUT2D eigenvalue weighted by Crippen LogP contribution is -2.34. The minimum atomic E-state index is -3.04. The van der Waals surface area contributed by atoms with E-state index in [-0.39, 0.29) is 19.3 Å². The van der Waals surface area contributed by atoms with Gasteiger partial charge in [0.05, 0.1) is 26.2 Å². The first-order valence-electron chi connectivity index (χ1n) is 11.1. The van der Waals surface area contributed by atoms with E-state index in [2.05, 4.69) is 11.7 Å². The first-order valence-corrected chi connectivity index (χ1v) is 11.1. The van der Waals surface area contributed by atoms with E-state index in [0.29, 0.717) is 5.92 Å². The van der Waals surface area contributed by atoms with E-state index in [4.69, 9.17) is 9.47 Å². The molecule has 1 aliphatic carbocycles. The Morgan fingerprint density at radius 1 is 0.966 bits per heavy atom. The summed E-state index contributed by atoms with van der Waals surface area (Å²) < 4.78 is 43.0. The molecule has 160 valence electrons. The van der Waals surface area contributed by atoms with Gasteiger partial charge in [-0.15, -0.1) is 0 Å². The highest BCUT2D eigenvalue weighted by Gasteiger charge is 2.33. The zero-order valence-electron chi connectivity index (χ0n) is 17.2. The highest BCUT2D eigenvalue weighted by molar-refractivity contribution is 5.67. The van der Waals surface area contributed by atoms with Crippen molar-refractivity contribution in [2.75, 3.05) is 19.8 Å². The number of alkyl halides is 2. The van der Waals surface area contributed by atoms with Crippen LogP contribution in [0.15, 0.2) is 30.3 Å². The molecule has 4 rings (SSSR count). The second kappa shape index (κ2) is 9.23. The average Bonchev–Trinajstić information content (AvgIpc) is 2.75. The van der Waals surface area contributed by atoms with Crippen LogP contribution < -0.4 is 0 Å². The van der Waals surface area contributed by atoms with Crippen LogP contribution in [-0.4, -0.2) is 25.9 Å². The van der Waals surface area contributed by atoms with Gasteiger partial charge in [-0.25, -0.2) is 0 Å². The highest BCUT2D eigenvalue weighted by atomic mass is 19.3. The molecule has 1 saturated carbocycles. The number of hydrogen-bond acceptors (Lipinski definition) is 3. The molecule has 2 aliphatic heterocycles. The van der Waals surface area contributed by atoms with Gasteiger partial charge >= 0.3 is 6.11 Å². The van der Waals surface area contributed by atoms with Crippen molar-refractivity contribution >= 4 is 5.57 Å². The van der Waals surface area contributed by atoms with E-state index >= 15 is 0 Å². The van der Waals surface area contributed by atoms with Crippen molar-refractivity contribution in [2.24, 2.45) is 17.8 Å². The summed E-state index contributed by atoms with van der Waals surface area (Å²) in [6.45, 7) is 3.72. The fourth-order valence-corrected chi connectivity index (χ4v) is 4.94. The van der Waals surface area contributed by atoms with Crippen molar-refractivity contribution in [3.63, 3.8) is 0 Å². The molecule has 3 nitrogen and oxygen atoms in total. The Morgan fingerprint density at radius 2 is 1.66 bits per heavy atom. The largest absolute Gasteiger partial charge is 0.359 e. The number of ether oxygens (including phenoxy) is 3. The summed E-state index contributed by atoms with van der Waals surface area (Å²) in [7, 11) is 0. The minimum Gasteiger partial charge on any atom is -0.348 e. The molecular weight excluding hydrogens is 374 g/mol. The van der Waals surface area contributed by atoms with Crippen LogP contribution in [0.4, 0.5) is 8.78 Å². The van der Waals surface area contributed by atoms with Gasteiger partial charge in [-0.2, -0.15) is 8.78 Å². The van der Waals surface area contributed by atoms with Gasteiger partial charge < -0.3 is 14.2 Å². The zero-order chi connectivity index (χ0) is 20.3. The van der Waals surface area contributed by atoms with Gasteiger partial charge in [-0.3, -0.25) is 0 Å². The standard InChI is InChI=1S/C24H32F2O3/c1-2-3-17-4-6-19(7-5-17)22-14-27-23(28-15-22)20-10-8-18(9-11-20)21-12-13-24(25,26)29-16-21/h8-12,17,19,22-23H,2-7,13-16H2,1H3. The van der Waals surface area contributed by atoms with E-state index in [1.54, 1.807) is 6.08 Å². The molecule has 1 aromatic rings. The highest BCUT2D eigenvalue weighted by Crippen LogP contribution is 2.39. The zero-order valence-corrected chi connectivity index (χ0v) is 17.2. The fraction of sp³-hybridized carbons (Fsp3) is 0.667. The predicted octanol–water partition coefficient (Wildman–Crippen LogP) is 6.35. The molecule has 1 aromatic carbocycles. The van der Waals surface area contributed by atoms with Gasteiger partial charge in [0.2, 0.25) is 0 Å². The second-order valence-electron chi connectivity index (χ2n) is 8.81. The third-order valence-corrected chi connectivity index (χ3v) is 6.76. The lowest BCUT2D eigenvalue weighted by Gasteiger charge is -2.37. The Labute approximate surface area is 172 Å². The lowest BCUT2D eigenvalue weighted by molar-refractivity contribution is -0.231. The van der Waals surface area contributed by atoms with Gasteiger partial charge in [0.25, 0.3) is 0 Å². The summed E-state index contributed by atoms with van der Waals surface area (Å²) in [5.41, 5.74) is 2.68. The topological polar surface area (TPSA) is 27.7 Å². The van der Waals surface area contributed by atoms with Gasteiger partial charge in [0.1, 0.15) is 0 Å². The summed E-state index contributed by atoms with van der Waals surface area (Å²) in [6.07, 6.45) is 5.78. The molecule has 3 aliphatic rings. The molecule has 1 saturated heterocycles. The van der Waals surface area contributed by atoms with Crippen LogP contribution in [0, 0.1) is 17.8 Å². The second-order valence-corrected chi connectivity index (χ2v) is 8.81. The van der Waals surface area contributed by atoms with Crippen LogP contribution in [0.3, 0.4) is 0 Å². The summed E-state index contributed by atoms with van der Waals surface area (Å²) in [5, 5.41) is 0. The lowest BCUT2D eigenvalue weighted by atomic mass is 9.75. The molecule has 0 amide bonds. The van der Waals surface area contributed by atoms with Crippen LogP contribution in [0.25, 0.3) is 5.57 Å². The molecule has 0 bridgehead atoms. The molecule has 5 heteroatoms. The predicted molar refractivity (Wildman–Crippen MR) is 108 cm³/mol. The first-order chi connectivity index (χ1) is 14.0. The Bertz CT molecular complexity index is 685. The molecule has 0 unspecified atom stereocenters. The van der Waals surface area contributed by atoms with Gasteiger partial charge in [0.15, 0.2) is 6.29 Å². The normalized spacial score (nSPS) is 32.6. The minimum absolute atomic E-state index is 0.0645. The molecule has 0 spiro atoms. The molecule has 29 heavy (non-hydrogen) atoms. The Hall–Kier alpha value is -1.30. The van der Waals surface area contributed by atoms with E-state index < -0.39 is 6.11 Å². The van der Waals surface area contributed by atoms with Gasteiger partial charge in [-0.05, 0) is 35.8 Å². The van der Waals surface area contributed by atoms with E-state index in [0.717, 1.165) is 41.7 Å². The van der Waals surface area contributed by atoms with E-state index in [1.165, 1.54) is 38.5 Å². The van der Waals surface area contributed by atoms with Crippen molar-refractivity contribution in [3.05, 3.63) is 41.5 Å². The fourth-order valence-electron chi connectivity index (χ4n) is 4.94. The average molecular weight is 407 g/mol. The molecule has 0 N–H and O–H groups in total. The smallest absolute Gasteiger partial charge is 0.348 e. The summed E-state index contributed by atoms with van der Waals surface area (Å²) in [4.78, 5) is 0. The van der Waals surface area contributed by atoms with Crippen LogP contribution in [-0.2, 0) is 14.2 Å². The molecular formula is C24H32F2O3. The monoisotopic (exact) mass is 406 g/mol. The van der Waals surface area contributed by atoms with Crippen LogP contribution in [0.1, 0.15) is 69.3 Å². The van der Waals surface area contributed by atoms with E-state index in [1.807, 2.05) is 24.3 Å². The Morgan fingerprint density at radius 3 is 2.24 bits per heavy atom.